The summed E-state index contributed by atoms with van der Waals surface area (Å²) in [6.45, 7) is 17.1. The third kappa shape index (κ3) is 3.71. The van der Waals surface area contributed by atoms with E-state index in [2.05, 4.69) is 44.4 Å². The van der Waals surface area contributed by atoms with Gasteiger partial charge in [-0.05, 0) is 57.5 Å². The molecule has 0 amide bonds. The Labute approximate surface area is 114 Å². The Morgan fingerprint density at radius 1 is 1.06 bits per heavy atom. The van der Waals surface area contributed by atoms with Gasteiger partial charge in [0.25, 0.3) is 0 Å². The fourth-order valence-corrected chi connectivity index (χ4v) is 3.53. The number of piperidine rings is 1. The molecule has 0 aromatic carbocycles. The molecule has 18 heavy (non-hydrogen) atoms. The third-order valence-electron chi connectivity index (χ3n) is 4.69. The van der Waals surface area contributed by atoms with Gasteiger partial charge in [-0.3, -0.25) is 9.80 Å². The normalized spacial score (nSPS) is 25.7. The van der Waals surface area contributed by atoms with Gasteiger partial charge in [0, 0.05) is 25.2 Å². The molecule has 0 N–H and O–H groups in total. The largest absolute Gasteiger partial charge is 0.298 e. The van der Waals surface area contributed by atoms with E-state index in [0.717, 1.165) is 18.0 Å². The van der Waals surface area contributed by atoms with E-state index in [9.17, 15) is 0 Å². The molecular weight excluding hydrogens is 220 g/mol. The molecule has 2 rings (SSSR count). The van der Waals surface area contributed by atoms with E-state index in [4.69, 9.17) is 0 Å². The Hall–Kier alpha value is -0.0800. The predicted molar refractivity (Wildman–Crippen MR) is 78.9 cm³/mol. The Morgan fingerprint density at radius 3 is 2.06 bits per heavy atom. The van der Waals surface area contributed by atoms with Crippen LogP contribution >= 0.6 is 0 Å². The van der Waals surface area contributed by atoms with Crippen molar-refractivity contribution in [2.24, 2.45) is 11.3 Å². The summed E-state index contributed by atoms with van der Waals surface area (Å²) in [7, 11) is 0. The van der Waals surface area contributed by atoms with E-state index < -0.39 is 0 Å². The number of rotatable bonds is 3. The maximum Gasteiger partial charge on any atom is 0.0350 e. The molecule has 2 heteroatoms. The third-order valence-corrected chi connectivity index (χ3v) is 4.69. The molecule has 2 heterocycles. The number of nitrogens with zero attached hydrogens (tertiary/aromatic N) is 2. The van der Waals surface area contributed by atoms with Gasteiger partial charge in [-0.15, -0.1) is 0 Å². The highest BCUT2D eigenvalue weighted by Gasteiger charge is 2.35. The van der Waals surface area contributed by atoms with Crippen LogP contribution in [0.15, 0.2) is 0 Å². The van der Waals surface area contributed by atoms with Gasteiger partial charge < -0.3 is 0 Å². The van der Waals surface area contributed by atoms with Gasteiger partial charge in [0.15, 0.2) is 0 Å². The van der Waals surface area contributed by atoms with Gasteiger partial charge in [-0.2, -0.15) is 0 Å². The first-order valence-electron chi connectivity index (χ1n) is 7.83. The summed E-state index contributed by atoms with van der Waals surface area (Å²) >= 11 is 0. The molecule has 2 aliphatic rings. The summed E-state index contributed by atoms with van der Waals surface area (Å²) in [5.74, 6) is 0.975. The topological polar surface area (TPSA) is 6.48 Å². The van der Waals surface area contributed by atoms with Crippen molar-refractivity contribution in [3.05, 3.63) is 0 Å². The quantitative estimate of drug-likeness (QED) is 0.761. The van der Waals surface area contributed by atoms with Crippen molar-refractivity contribution >= 4 is 0 Å². The van der Waals surface area contributed by atoms with Crippen LogP contribution in [-0.2, 0) is 0 Å². The van der Waals surface area contributed by atoms with Gasteiger partial charge in [0.1, 0.15) is 0 Å². The molecule has 0 bridgehead atoms. The van der Waals surface area contributed by atoms with Crippen LogP contribution in [0.25, 0.3) is 0 Å². The van der Waals surface area contributed by atoms with E-state index in [1.807, 2.05) is 0 Å². The molecule has 0 atom stereocenters. The second-order valence-electron chi connectivity index (χ2n) is 7.95. The van der Waals surface area contributed by atoms with Crippen LogP contribution in [0, 0.1) is 11.3 Å². The zero-order valence-electron chi connectivity index (χ0n) is 13.1. The summed E-state index contributed by atoms with van der Waals surface area (Å²) in [6.07, 6.45) is 4.26. The highest BCUT2D eigenvalue weighted by molar-refractivity contribution is 4.91. The predicted octanol–water partition coefficient (Wildman–Crippen LogP) is 3.23. The second-order valence-corrected chi connectivity index (χ2v) is 7.95. The Kier molecular flexibility index (Phi) is 4.38. The van der Waals surface area contributed by atoms with Crippen molar-refractivity contribution in [3.63, 3.8) is 0 Å². The number of hydrogen-bond acceptors (Lipinski definition) is 2. The SMILES string of the molecule is CC(C)N1CC(N2CCC(CC(C)(C)C)CC2)C1. The summed E-state index contributed by atoms with van der Waals surface area (Å²) in [5, 5.41) is 0. The monoisotopic (exact) mass is 252 g/mol. The molecular formula is C16H32N2. The number of likely N-dealkylation sites (tertiary alicyclic amines) is 2. The molecule has 2 nitrogen and oxygen atoms in total. The van der Waals surface area contributed by atoms with Crippen LogP contribution in [0.4, 0.5) is 0 Å². The fourth-order valence-electron chi connectivity index (χ4n) is 3.53. The fraction of sp³-hybridized carbons (Fsp3) is 1.00. The first-order valence-corrected chi connectivity index (χ1v) is 7.83. The van der Waals surface area contributed by atoms with Crippen molar-refractivity contribution in [1.82, 2.24) is 9.80 Å². The maximum atomic E-state index is 2.75. The van der Waals surface area contributed by atoms with Gasteiger partial charge in [-0.1, -0.05) is 20.8 Å². The molecule has 0 spiro atoms. The first kappa shape index (κ1) is 14.3. The molecule has 0 radical (unpaired) electrons. The lowest BCUT2D eigenvalue weighted by atomic mass is 9.80. The van der Waals surface area contributed by atoms with Crippen molar-refractivity contribution in [2.45, 2.75) is 66.0 Å². The lowest BCUT2D eigenvalue weighted by Gasteiger charge is -2.49. The van der Waals surface area contributed by atoms with Crippen LogP contribution < -0.4 is 0 Å². The summed E-state index contributed by atoms with van der Waals surface area (Å²) in [4.78, 5) is 5.34. The Bertz CT molecular complexity index is 253. The zero-order chi connectivity index (χ0) is 13.3. The maximum absolute atomic E-state index is 2.75. The van der Waals surface area contributed by atoms with Crippen molar-refractivity contribution in [1.29, 1.82) is 0 Å². The Balaban J connectivity index is 1.69. The molecule has 0 aromatic heterocycles. The van der Waals surface area contributed by atoms with Crippen LogP contribution in [0.3, 0.4) is 0 Å². The first-order chi connectivity index (χ1) is 8.35. The zero-order valence-corrected chi connectivity index (χ0v) is 13.1. The molecule has 106 valence electrons. The van der Waals surface area contributed by atoms with E-state index in [1.165, 1.54) is 45.4 Å². The van der Waals surface area contributed by atoms with Gasteiger partial charge in [0.05, 0.1) is 0 Å². The average Bonchev–Trinajstić information content (AvgIpc) is 2.15. The van der Waals surface area contributed by atoms with Crippen molar-refractivity contribution < 1.29 is 0 Å². The highest BCUT2D eigenvalue weighted by Crippen LogP contribution is 2.32. The molecule has 0 aromatic rings. The molecule has 0 unspecified atom stereocenters. The van der Waals surface area contributed by atoms with Crippen LogP contribution in [0.1, 0.15) is 53.9 Å². The van der Waals surface area contributed by atoms with E-state index >= 15 is 0 Å². The smallest absolute Gasteiger partial charge is 0.0350 e. The van der Waals surface area contributed by atoms with Crippen LogP contribution in [0.2, 0.25) is 0 Å². The van der Waals surface area contributed by atoms with Crippen LogP contribution in [0.5, 0.6) is 0 Å². The standard InChI is InChI=1S/C16H32N2/c1-13(2)18-11-15(12-18)17-8-6-14(7-9-17)10-16(3,4)5/h13-15H,6-12H2,1-5H3. The molecule has 2 saturated heterocycles. The van der Waals surface area contributed by atoms with E-state index in [1.54, 1.807) is 0 Å². The lowest BCUT2D eigenvalue weighted by molar-refractivity contribution is -0.00485. The minimum Gasteiger partial charge on any atom is -0.298 e. The average molecular weight is 252 g/mol. The van der Waals surface area contributed by atoms with Crippen molar-refractivity contribution in [2.75, 3.05) is 26.2 Å². The van der Waals surface area contributed by atoms with Gasteiger partial charge in [-0.25, -0.2) is 0 Å². The molecule has 2 aliphatic heterocycles. The molecule has 0 saturated carbocycles. The highest BCUT2D eigenvalue weighted by atomic mass is 15.3. The lowest BCUT2D eigenvalue weighted by Crippen LogP contribution is -2.62. The minimum absolute atomic E-state index is 0.512. The van der Waals surface area contributed by atoms with Gasteiger partial charge in [0.2, 0.25) is 0 Å². The molecule has 0 aliphatic carbocycles. The summed E-state index contributed by atoms with van der Waals surface area (Å²) in [6, 6.07) is 1.60. The van der Waals surface area contributed by atoms with Gasteiger partial charge >= 0.3 is 0 Å². The second kappa shape index (κ2) is 5.50. The van der Waals surface area contributed by atoms with E-state index in [0.29, 0.717) is 5.41 Å². The Morgan fingerprint density at radius 2 is 1.61 bits per heavy atom. The minimum atomic E-state index is 0.512. The molecule has 2 fully saturated rings. The van der Waals surface area contributed by atoms with Crippen molar-refractivity contribution in [3.8, 4) is 0 Å². The van der Waals surface area contributed by atoms with E-state index in [-0.39, 0.29) is 0 Å². The summed E-state index contributed by atoms with van der Waals surface area (Å²) in [5.41, 5.74) is 0.512. The summed E-state index contributed by atoms with van der Waals surface area (Å²) < 4.78 is 0. The number of hydrogen-bond donors (Lipinski definition) is 0. The van der Waals surface area contributed by atoms with Crippen LogP contribution in [-0.4, -0.2) is 48.1 Å².